The number of carbonyl (C=O) groups is 1. The molecule has 9 heteroatoms. The molecule has 2 aromatic heterocycles. The van der Waals surface area contributed by atoms with Gasteiger partial charge in [-0.25, -0.2) is 4.68 Å². The van der Waals surface area contributed by atoms with Crippen molar-refractivity contribution >= 4 is 29.2 Å². The summed E-state index contributed by atoms with van der Waals surface area (Å²) in [5.41, 5.74) is 9.56. The van der Waals surface area contributed by atoms with Crippen molar-refractivity contribution in [1.82, 2.24) is 19.9 Å². The fraction of sp³-hybridized carbons (Fsp3) is 0.182. The number of aryl methyl sites for hydroxylation is 1. The number of nitrogen functional groups attached to an aromatic ring is 1. The SMILES string of the molecule is CCc1ccccc1NC(=O)Cn1nc(SC)c(-c2nc(-c3ccccc3)no2)c1N. The van der Waals surface area contributed by atoms with Crippen LogP contribution in [-0.4, -0.2) is 32.1 Å². The van der Waals surface area contributed by atoms with E-state index < -0.39 is 0 Å². The van der Waals surface area contributed by atoms with Crippen LogP contribution < -0.4 is 11.1 Å². The highest BCUT2D eigenvalue weighted by Crippen LogP contribution is 2.34. The Labute approximate surface area is 183 Å². The molecule has 0 atom stereocenters. The van der Waals surface area contributed by atoms with Crippen LogP contribution in [0.2, 0.25) is 0 Å². The van der Waals surface area contributed by atoms with E-state index in [1.54, 1.807) is 0 Å². The number of carbonyl (C=O) groups excluding carboxylic acids is 1. The van der Waals surface area contributed by atoms with Crippen LogP contribution in [0.25, 0.3) is 22.8 Å². The van der Waals surface area contributed by atoms with Gasteiger partial charge < -0.3 is 15.6 Å². The fourth-order valence-corrected chi connectivity index (χ4v) is 3.80. The minimum atomic E-state index is -0.218. The van der Waals surface area contributed by atoms with Gasteiger partial charge in [0.25, 0.3) is 5.89 Å². The second-order valence-corrected chi connectivity index (χ2v) is 7.57. The van der Waals surface area contributed by atoms with Crippen molar-refractivity contribution in [2.75, 3.05) is 17.3 Å². The van der Waals surface area contributed by atoms with Gasteiger partial charge in [-0.15, -0.1) is 11.8 Å². The topological polar surface area (TPSA) is 112 Å². The first-order valence-electron chi connectivity index (χ1n) is 9.78. The third kappa shape index (κ3) is 4.31. The first-order chi connectivity index (χ1) is 15.1. The second kappa shape index (κ2) is 9.05. The molecule has 8 nitrogen and oxygen atoms in total. The summed E-state index contributed by atoms with van der Waals surface area (Å²) in [6, 6.07) is 17.2. The highest BCUT2D eigenvalue weighted by Gasteiger charge is 2.23. The van der Waals surface area contributed by atoms with Crippen LogP contribution in [0.15, 0.2) is 64.1 Å². The molecule has 1 amide bonds. The highest BCUT2D eigenvalue weighted by atomic mass is 32.2. The van der Waals surface area contributed by atoms with Gasteiger partial charge in [0.15, 0.2) is 0 Å². The Balaban J connectivity index is 1.59. The maximum atomic E-state index is 12.7. The molecule has 0 unspecified atom stereocenters. The number of thioether (sulfide) groups is 1. The summed E-state index contributed by atoms with van der Waals surface area (Å²) < 4.78 is 6.92. The molecular formula is C22H22N6O2S. The lowest BCUT2D eigenvalue weighted by atomic mass is 10.1. The van der Waals surface area contributed by atoms with Gasteiger partial charge in [-0.05, 0) is 24.3 Å². The van der Waals surface area contributed by atoms with Gasteiger partial charge in [-0.2, -0.15) is 10.1 Å². The molecule has 2 heterocycles. The molecule has 0 saturated carbocycles. The average molecular weight is 435 g/mol. The van der Waals surface area contributed by atoms with Crippen molar-refractivity contribution in [2.45, 2.75) is 24.9 Å². The smallest absolute Gasteiger partial charge is 0.264 e. The van der Waals surface area contributed by atoms with Crippen LogP contribution in [0.3, 0.4) is 0 Å². The minimum Gasteiger partial charge on any atom is -0.383 e. The van der Waals surface area contributed by atoms with E-state index in [0.29, 0.717) is 22.2 Å². The van der Waals surface area contributed by atoms with E-state index in [-0.39, 0.29) is 18.3 Å². The number of rotatable bonds is 7. The van der Waals surface area contributed by atoms with Crippen molar-refractivity contribution in [1.29, 1.82) is 0 Å². The predicted octanol–water partition coefficient (Wildman–Crippen LogP) is 4.11. The van der Waals surface area contributed by atoms with Crippen LogP contribution in [0, 0.1) is 0 Å². The first kappa shape index (κ1) is 20.7. The molecule has 0 radical (unpaired) electrons. The Morgan fingerprint density at radius 2 is 1.90 bits per heavy atom. The molecule has 158 valence electrons. The number of benzene rings is 2. The van der Waals surface area contributed by atoms with E-state index in [1.807, 2.05) is 67.8 Å². The highest BCUT2D eigenvalue weighted by molar-refractivity contribution is 7.98. The third-order valence-corrected chi connectivity index (χ3v) is 5.46. The Morgan fingerprint density at radius 1 is 1.16 bits per heavy atom. The summed E-state index contributed by atoms with van der Waals surface area (Å²) in [4.78, 5) is 17.1. The minimum absolute atomic E-state index is 0.0306. The average Bonchev–Trinajstić information content (AvgIpc) is 3.39. The van der Waals surface area contributed by atoms with Gasteiger partial charge in [0.1, 0.15) is 23.0 Å². The number of aromatic nitrogens is 4. The van der Waals surface area contributed by atoms with E-state index >= 15 is 0 Å². The molecule has 2 aromatic carbocycles. The van der Waals surface area contributed by atoms with Gasteiger partial charge in [0, 0.05) is 11.3 Å². The van der Waals surface area contributed by atoms with Crippen LogP contribution in [0.1, 0.15) is 12.5 Å². The molecule has 0 aliphatic heterocycles. The number of nitrogens with zero attached hydrogens (tertiary/aromatic N) is 4. The molecule has 0 spiro atoms. The molecule has 4 aromatic rings. The maximum Gasteiger partial charge on any atom is 0.264 e. The van der Waals surface area contributed by atoms with E-state index in [2.05, 4.69) is 20.6 Å². The molecule has 3 N–H and O–H groups in total. The standard InChI is InChI=1S/C22H22N6O2S/c1-3-14-9-7-8-12-16(14)24-17(29)13-28-19(23)18(22(26-28)31-2)21-25-20(27-30-21)15-10-5-4-6-11-15/h4-12H,3,13,23H2,1-2H3,(H,24,29). The van der Waals surface area contributed by atoms with Crippen molar-refractivity contribution < 1.29 is 9.32 Å². The summed E-state index contributed by atoms with van der Waals surface area (Å²) >= 11 is 1.40. The fourth-order valence-electron chi connectivity index (χ4n) is 3.22. The summed E-state index contributed by atoms with van der Waals surface area (Å²) in [7, 11) is 0. The monoisotopic (exact) mass is 434 g/mol. The zero-order chi connectivity index (χ0) is 21.8. The maximum absolute atomic E-state index is 12.7. The Hall–Kier alpha value is -3.59. The number of para-hydroxylation sites is 1. The number of amides is 1. The summed E-state index contributed by atoms with van der Waals surface area (Å²) in [6.45, 7) is 2.01. The number of hydrogen-bond donors (Lipinski definition) is 2. The van der Waals surface area contributed by atoms with Gasteiger partial charge >= 0.3 is 0 Å². The number of anilines is 2. The Morgan fingerprint density at radius 3 is 2.65 bits per heavy atom. The van der Waals surface area contributed by atoms with Crippen molar-refractivity contribution in [3.05, 3.63) is 60.2 Å². The molecule has 0 saturated heterocycles. The Kier molecular flexibility index (Phi) is 6.03. The number of nitrogens with one attached hydrogen (secondary N) is 1. The molecular weight excluding hydrogens is 412 g/mol. The van der Waals surface area contributed by atoms with Gasteiger partial charge in [0.05, 0.1) is 0 Å². The number of hydrogen-bond acceptors (Lipinski definition) is 7. The van der Waals surface area contributed by atoms with Crippen molar-refractivity contribution in [3.8, 4) is 22.8 Å². The zero-order valence-electron chi connectivity index (χ0n) is 17.2. The van der Waals surface area contributed by atoms with E-state index in [4.69, 9.17) is 10.3 Å². The number of nitrogens with two attached hydrogens (primary N) is 1. The summed E-state index contributed by atoms with van der Waals surface area (Å²) in [5, 5.41) is 12.1. The predicted molar refractivity (Wildman–Crippen MR) is 122 cm³/mol. The van der Waals surface area contributed by atoms with Crippen molar-refractivity contribution in [2.24, 2.45) is 0 Å². The lowest BCUT2D eigenvalue weighted by Crippen LogP contribution is -2.21. The molecule has 0 aliphatic rings. The van der Waals surface area contributed by atoms with Crippen LogP contribution in [-0.2, 0) is 17.8 Å². The second-order valence-electron chi connectivity index (χ2n) is 6.78. The largest absolute Gasteiger partial charge is 0.383 e. The lowest BCUT2D eigenvalue weighted by Gasteiger charge is -2.10. The Bertz CT molecular complexity index is 1200. The lowest BCUT2D eigenvalue weighted by molar-refractivity contribution is -0.116. The molecule has 31 heavy (non-hydrogen) atoms. The van der Waals surface area contributed by atoms with E-state index in [9.17, 15) is 4.79 Å². The quantitative estimate of drug-likeness (QED) is 0.421. The van der Waals surface area contributed by atoms with Crippen molar-refractivity contribution in [3.63, 3.8) is 0 Å². The van der Waals surface area contributed by atoms with Gasteiger partial charge in [-0.3, -0.25) is 4.79 Å². The molecule has 0 fully saturated rings. The van der Waals surface area contributed by atoms with Crippen LogP contribution in [0.5, 0.6) is 0 Å². The molecule has 4 rings (SSSR count). The summed E-state index contributed by atoms with van der Waals surface area (Å²) in [6.07, 6.45) is 2.70. The third-order valence-electron chi connectivity index (χ3n) is 4.79. The normalized spacial score (nSPS) is 10.9. The molecule has 0 aliphatic carbocycles. The van der Waals surface area contributed by atoms with Crippen LogP contribution in [0.4, 0.5) is 11.5 Å². The first-order valence-corrected chi connectivity index (χ1v) is 11.0. The van der Waals surface area contributed by atoms with Gasteiger partial charge in [0.2, 0.25) is 11.7 Å². The van der Waals surface area contributed by atoms with Crippen LogP contribution >= 0.6 is 11.8 Å². The molecule has 0 bridgehead atoms. The van der Waals surface area contributed by atoms with E-state index in [0.717, 1.165) is 23.2 Å². The zero-order valence-corrected chi connectivity index (χ0v) is 18.0. The van der Waals surface area contributed by atoms with Gasteiger partial charge in [-0.1, -0.05) is 60.6 Å². The summed E-state index contributed by atoms with van der Waals surface area (Å²) in [5.74, 6) is 0.809. The van der Waals surface area contributed by atoms with E-state index in [1.165, 1.54) is 16.4 Å².